The number of ether oxygens (including phenoxy) is 1. The fourth-order valence-corrected chi connectivity index (χ4v) is 2.01. The van der Waals surface area contributed by atoms with E-state index >= 15 is 0 Å². The van der Waals surface area contributed by atoms with Crippen LogP contribution in [0.15, 0.2) is 47.6 Å². The number of halogens is 2. The first kappa shape index (κ1) is 20.1. The smallest absolute Gasteiger partial charge is 0.219 e. The molecule has 2 rings (SSSR count). The third-order valence-corrected chi connectivity index (χ3v) is 3.34. The molecule has 0 aliphatic heterocycles. The van der Waals surface area contributed by atoms with Gasteiger partial charge >= 0.3 is 0 Å². The summed E-state index contributed by atoms with van der Waals surface area (Å²) in [6.07, 6.45) is 1.69. The fraction of sp³-hybridized carbons (Fsp3) is 0.294. The molecule has 7 heteroatoms. The van der Waals surface area contributed by atoms with Crippen molar-refractivity contribution in [3.05, 3.63) is 54.0 Å². The van der Waals surface area contributed by atoms with Crippen molar-refractivity contribution in [2.75, 3.05) is 13.1 Å². The van der Waals surface area contributed by atoms with Crippen molar-refractivity contribution in [1.29, 1.82) is 0 Å². The van der Waals surface area contributed by atoms with Crippen LogP contribution >= 0.6 is 24.0 Å². The molecule has 0 atom stereocenters. The van der Waals surface area contributed by atoms with Crippen molar-refractivity contribution in [2.45, 2.75) is 20.4 Å². The molecule has 0 radical (unpaired) electrons. The third kappa shape index (κ3) is 5.95. The summed E-state index contributed by atoms with van der Waals surface area (Å²) in [4.78, 5) is 10.6. The SMILES string of the molecule is CCN(CC)C(N)=NCc1ccc(Oc2ccc(F)cc2)nc1.I. The van der Waals surface area contributed by atoms with E-state index in [2.05, 4.69) is 9.98 Å². The van der Waals surface area contributed by atoms with Crippen LogP contribution in [0.2, 0.25) is 0 Å². The van der Waals surface area contributed by atoms with Crippen LogP contribution in [0, 0.1) is 5.82 Å². The zero-order valence-corrected chi connectivity index (χ0v) is 16.1. The summed E-state index contributed by atoms with van der Waals surface area (Å²) in [6, 6.07) is 9.43. The first-order valence-electron chi connectivity index (χ1n) is 7.55. The highest BCUT2D eigenvalue weighted by atomic mass is 127. The number of hydrogen-bond donors (Lipinski definition) is 1. The lowest BCUT2D eigenvalue weighted by Crippen LogP contribution is -2.37. The lowest BCUT2D eigenvalue weighted by atomic mass is 10.3. The van der Waals surface area contributed by atoms with Gasteiger partial charge in [0.05, 0.1) is 6.54 Å². The lowest BCUT2D eigenvalue weighted by Gasteiger charge is -2.19. The highest BCUT2D eigenvalue weighted by molar-refractivity contribution is 14.0. The van der Waals surface area contributed by atoms with Gasteiger partial charge in [0.2, 0.25) is 5.88 Å². The molecule has 0 aliphatic carbocycles. The number of aliphatic imine (C=N–C) groups is 1. The maximum atomic E-state index is 12.8. The Labute approximate surface area is 158 Å². The Hall–Kier alpha value is -1.90. The normalized spacial score (nSPS) is 10.9. The molecule has 2 aromatic rings. The lowest BCUT2D eigenvalue weighted by molar-refractivity contribution is 0.457. The zero-order valence-electron chi connectivity index (χ0n) is 13.8. The molecular formula is C17H22FIN4O. The van der Waals surface area contributed by atoms with E-state index in [1.54, 1.807) is 24.4 Å². The molecule has 1 heterocycles. The molecule has 0 fully saturated rings. The highest BCUT2D eigenvalue weighted by Gasteiger charge is 2.03. The van der Waals surface area contributed by atoms with Crippen molar-refractivity contribution in [1.82, 2.24) is 9.88 Å². The molecule has 0 bridgehead atoms. The molecule has 0 spiro atoms. The molecule has 0 unspecified atom stereocenters. The van der Waals surface area contributed by atoms with Gasteiger partial charge in [-0.1, -0.05) is 6.07 Å². The highest BCUT2D eigenvalue weighted by Crippen LogP contribution is 2.19. The molecule has 130 valence electrons. The van der Waals surface area contributed by atoms with E-state index in [1.165, 1.54) is 12.1 Å². The minimum absolute atomic E-state index is 0. The summed E-state index contributed by atoms with van der Waals surface area (Å²) in [6.45, 7) is 6.19. The van der Waals surface area contributed by atoms with Crippen LogP contribution in [0.4, 0.5) is 4.39 Å². The summed E-state index contributed by atoms with van der Waals surface area (Å²) >= 11 is 0. The van der Waals surface area contributed by atoms with Crippen molar-refractivity contribution >= 4 is 29.9 Å². The van der Waals surface area contributed by atoms with E-state index in [4.69, 9.17) is 10.5 Å². The Morgan fingerprint density at radius 2 is 1.83 bits per heavy atom. The summed E-state index contributed by atoms with van der Waals surface area (Å²) < 4.78 is 18.4. The molecule has 24 heavy (non-hydrogen) atoms. The third-order valence-electron chi connectivity index (χ3n) is 3.34. The van der Waals surface area contributed by atoms with Crippen LogP contribution in [-0.4, -0.2) is 28.9 Å². The molecule has 0 amide bonds. The van der Waals surface area contributed by atoms with Crippen LogP contribution in [0.25, 0.3) is 0 Å². The first-order chi connectivity index (χ1) is 11.1. The van der Waals surface area contributed by atoms with Gasteiger partial charge in [-0.05, 0) is 43.7 Å². The van der Waals surface area contributed by atoms with Gasteiger partial charge in [-0.2, -0.15) is 0 Å². The van der Waals surface area contributed by atoms with Crippen LogP contribution in [-0.2, 0) is 6.54 Å². The van der Waals surface area contributed by atoms with Crippen molar-refractivity contribution in [3.8, 4) is 11.6 Å². The average Bonchev–Trinajstić information content (AvgIpc) is 2.57. The topological polar surface area (TPSA) is 63.7 Å². The Balaban J connectivity index is 0.00000288. The summed E-state index contributed by atoms with van der Waals surface area (Å²) in [7, 11) is 0. The maximum absolute atomic E-state index is 12.8. The number of hydrogen-bond acceptors (Lipinski definition) is 3. The monoisotopic (exact) mass is 444 g/mol. The van der Waals surface area contributed by atoms with E-state index in [9.17, 15) is 4.39 Å². The first-order valence-corrected chi connectivity index (χ1v) is 7.55. The van der Waals surface area contributed by atoms with Crippen LogP contribution < -0.4 is 10.5 Å². The van der Waals surface area contributed by atoms with Gasteiger partial charge in [-0.25, -0.2) is 14.4 Å². The number of rotatable bonds is 6. The summed E-state index contributed by atoms with van der Waals surface area (Å²) in [5, 5.41) is 0. The van der Waals surface area contributed by atoms with Crippen molar-refractivity contribution < 1.29 is 9.13 Å². The van der Waals surface area contributed by atoms with Crippen molar-refractivity contribution in [3.63, 3.8) is 0 Å². The molecule has 2 N–H and O–H groups in total. The average molecular weight is 444 g/mol. The zero-order chi connectivity index (χ0) is 16.7. The molecule has 0 saturated heterocycles. The molecule has 0 saturated carbocycles. The van der Waals surface area contributed by atoms with Gasteiger partial charge in [-0.3, -0.25) is 0 Å². The van der Waals surface area contributed by atoms with Crippen molar-refractivity contribution in [2.24, 2.45) is 10.7 Å². The number of nitrogens with two attached hydrogens (primary N) is 1. The Bertz CT molecular complexity index is 643. The predicted molar refractivity (Wildman–Crippen MR) is 104 cm³/mol. The second-order valence-electron chi connectivity index (χ2n) is 4.91. The molecule has 5 nitrogen and oxygen atoms in total. The van der Waals surface area contributed by atoms with E-state index in [1.807, 2.05) is 24.8 Å². The number of guanidine groups is 1. The Kier molecular flexibility index (Phi) is 8.45. The summed E-state index contributed by atoms with van der Waals surface area (Å²) in [5.41, 5.74) is 6.87. The van der Waals surface area contributed by atoms with Gasteiger partial charge in [0.15, 0.2) is 5.96 Å². The van der Waals surface area contributed by atoms with Gasteiger partial charge in [-0.15, -0.1) is 24.0 Å². The van der Waals surface area contributed by atoms with Crippen LogP contribution in [0.5, 0.6) is 11.6 Å². The Morgan fingerprint density at radius 1 is 1.17 bits per heavy atom. The molecule has 0 aliphatic rings. The standard InChI is InChI=1S/C17H21FN4O.HI/c1-3-22(4-2)17(19)21-12-13-5-10-16(20-11-13)23-15-8-6-14(18)7-9-15;/h5-11H,3-4,12H2,1-2H3,(H2,19,21);1H. The number of nitrogens with zero attached hydrogens (tertiary/aromatic N) is 3. The second kappa shape index (κ2) is 10.1. The van der Waals surface area contributed by atoms with E-state index in [-0.39, 0.29) is 29.8 Å². The minimum Gasteiger partial charge on any atom is -0.439 e. The van der Waals surface area contributed by atoms with E-state index in [0.29, 0.717) is 24.1 Å². The minimum atomic E-state index is -0.302. The molecule has 1 aromatic carbocycles. The van der Waals surface area contributed by atoms with Gasteiger partial charge < -0.3 is 15.4 Å². The van der Waals surface area contributed by atoms with Crippen LogP contribution in [0.3, 0.4) is 0 Å². The number of pyridine rings is 1. The molecular weight excluding hydrogens is 422 g/mol. The van der Waals surface area contributed by atoms with Gasteiger partial charge in [0.1, 0.15) is 11.6 Å². The van der Waals surface area contributed by atoms with Crippen LogP contribution in [0.1, 0.15) is 19.4 Å². The quantitative estimate of drug-likeness (QED) is 0.419. The number of aromatic nitrogens is 1. The van der Waals surface area contributed by atoms with E-state index in [0.717, 1.165) is 18.7 Å². The van der Waals surface area contributed by atoms with Gasteiger partial charge in [0.25, 0.3) is 0 Å². The van der Waals surface area contributed by atoms with Gasteiger partial charge in [0, 0.05) is 25.4 Å². The van der Waals surface area contributed by atoms with E-state index < -0.39 is 0 Å². The summed E-state index contributed by atoms with van der Waals surface area (Å²) in [5.74, 6) is 1.21. The maximum Gasteiger partial charge on any atom is 0.219 e. The largest absolute Gasteiger partial charge is 0.439 e. The fourth-order valence-electron chi connectivity index (χ4n) is 2.01. The molecule has 1 aromatic heterocycles. The number of benzene rings is 1. The second-order valence-corrected chi connectivity index (χ2v) is 4.91. The Morgan fingerprint density at radius 3 is 2.38 bits per heavy atom. The predicted octanol–water partition coefficient (Wildman–Crippen LogP) is 3.79.